The molecule has 2 aromatic rings. The summed E-state index contributed by atoms with van der Waals surface area (Å²) in [6.45, 7) is 0. The van der Waals surface area contributed by atoms with Crippen LogP contribution in [0.15, 0.2) is 69.9 Å². The number of cyclic esters (lactones) is 1. The van der Waals surface area contributed by atoms with Gasteiger partial charge in [-0.25, -0.2) is 9.79 Å². The molecule has 2 unspecified atom stereocenters. The first kappa shape index (κ1) is 16.1. The molecular formula is C17H13FNO4P. The predicted octanol–water partition coefficient (Wildman–Crippen LogP) is 3.69. The second-order valence-electron chi connectivity index (χ2n) is 4.70. The fourth-order valence-electron chi connectivity index (χ4n) is 2.03. The molecule has 0 radical (unpaired) electrons. The second kappa shape index (κ2) is 7.23. The van der Waals surface area contributed by atoms with Crippen molar-refractivity contribution in [2.24, 2.45) is 4.99 Å². The molecule has 2 heterocycles. The van der Waals surface area contributed by atoms with Crippen molar-refractivity contribution in [2.75, 3.05) is 0 Å². The van der Waals surface area contributed by atoms with Crippen molar-refractivity contribution >= 4 is 27.2 Å². The van der Waals surface area contributed by atoms with Crippen LogP contribution in [0.5, 0.6) is 5.75 Å². The lowest BCUT2D eigenvalue weighted by atomic mass is 10.2. The van der Waals surface area contributed by atoms with Crippen LogP contribution in [0.2, 0.25) is 0 Å². The summed E-state index contributed by atoms with van der Waals surface area (Å²) in [4.78, 5) is 16.0. The zero-order valence-corrected chi connectivity index (χ0v) is 13.5. The number of ether oxygens (including phenoxy) is 2. The predicted molar refractivity (Wildman–Crippen MR) is 90.1 cm³/mol. The number of carbonyl (C=O) groups is 1. The molecule has 0 spiro atoms. The average Bonchev–Trinajstić information content (AvgIpc) is 3.18. The molecule has 2 atom stereocenters. The first-order valence-electron chi connectivity index (χ1n) is 7.02. The highest BCUT2D eigenvalue weighted by Gasteiger charge is 2.26. The first-order valence-corrected chi connectivity index (χ1v) is 7.68. The summed E-state index contributed by atoms with van der Waals surface area (Å²) in [5, 5.41) is 0. The molecule has 1 aromatic heterocycles. The van der Waals surface area contributed by atoms with Crippen LogP contribution in [0.1, 0.15) is 11.3 Å². The van der Waals surface area contributed by atoms with E-state index in [1.165, 1.54) is 6.08 Å². The minimum absolute atomic E-state index is 0.0684. The number of hydrogen-bond donors (Lipinski definition) is 0. The van der Waals surface area contributed by atoms with Crippen molar-refractivity contribution in [3.05, 3.63) is 71.8 Å². The summed E-state index contributed by atoms with van der Waals surface area (Å²) in [6.07, 6.45) is 4.80. The van der Waals surface area contributed by atoms with Gasteiger partial charge in [-0.15, -0.1) is 0 Å². The molecule has 0 N–H and O–H groups in total. The van der Waals surface area contributed by atoms with Gasteiger partial charge in [-0.1, -0.05) is 27.4 Å². The number of para-hydroxylation sites is 1. The summed E-state index contributed by atoms with van der Waals surface area (Å²) in [5.41, 5.74) is 0.527. The fourth-order valence-corrected chi connectivity index (χ4v) is 2.17. The van der Waals surface area contributed by atoms with Gasteiger partial charge in [0.1, 0.15) is 11.5 Å². The number of halogens is 1. The van der Waals surface area contributed by atoms with Gasteiger partial charge in [0.15, 0.2) is 5.70 Å². The Morgan fingerprint density at radius 2 is 2.08 bits per heavy atom. The third-order valence-corrected chi connectivity index (χ3v) is 3.17. The number of alkyl halides is 1. The highest BCUT2D eigenvalue weighted by atomic mass is 31.0. The average molecular weight is 345 g/mol. The van der Waals surface area contributed by atoms with Crippen molar-refractivity contribution in [2.45, 2.75) is 6.10 Å². The minimum Gasteiger partial charge on any atom is -0.465 e. The van der Waals surface area contributed by atoms with Gasteiger partial charge in [0, 0.05) is 0 Å². The number of nitrogens with zero attached hydrogens (tertiary/aromatic N) is 1. The number of furan rings is 1. The molecule has 0 fully saturated rings. The van der Waals surface area contributed by atoms with E-state index in [4.69, 9.17) is 13.9 Å². The first-order chi connectivity index (χ1) is 11.6. The Kier molecular flexibility index (Phi) is 4.87. The van der Waals surface area contributed by atoms with E-state index in [1.807, 2.05) is 9.24 Å². The van der Waals surface area contributed by atoms with Gasteiger partial charge in [-0.3, -0.25) is 0 Å². The normalized spacial score (nSPS) is 17.2. The minimum atomic E-state index is -1.57. The van der Waals surface area contributed by atoms with E-state index >= 15 is 0 Å². The van der Waals surface area contributed by atoms with Gasteiger partial charge in [0.05, 0.1) is 11.8 Å². The molecule has 5 nitrogen and oxygen atoms in total. The Morgan fingerprint density at radius 1 is 1.25 bits per heavy atom. The van der Waals surface area contributed by atoms with E-state index in [-0.39, 0.29) is 17.3 Å². The third-order valence-electron chi connectivity index (χ3n) is 3.04. The van der Waals surface area contributed by atoms with Crippen LogP contribution in [0.3, 0.4) is 0 Å². The smallest absolute Gasteiger partial charge is 0.363 e. The van der Waals surface area contributed by atoms with Gasteiger partial charge in [-0.05, 0) is 36.4 Å². The van der Waals surface area contributed by atoms with Crippen molar-refractivity contribution in [1.29, 1.82) is 0 Å². The Hall–Kier alpha value is -2.72. The molecule has 0 bridgehead atoms. The largest absolute Gasteiger partial charge is 0.465 e. The topological polar surface area (TPSA) is 61.0 Å². The van der Waals surface area contributed by atoms with Crippen LogP contribution in [-0.2, 0) is 9.53 Å². The highest BCUT2D eigenvalue weighted by molar-refractivity contribution is 7.16. The lowest BCUT2D eigenvalue weighted by Crippen LogP contribution is -2.09. The molecular weight excluding hydrogens is 332 g/mol. The number of allylic oxidation sites excluding steroid dienone is 2. The van der Waals surface area contributed by atoms with Crippen molar-refractivity contribution in [3.63, 3.8) is 0 Å². The van der Waals surface area contributed by atoms with Gasteiger partial charge in [0.25, 0.3) is 0 Å². The summed E-state index contributed by atoms with van der Waals surface area (Å²) in [5.74, 6) is 0.361. The van der Waals surface area contributed by atoms with E-state index in [9.17, 15) is 9.18 Å². The Labute approximate surface area is 139 Å². The molecule has 24 heavy (non-hydrogen) atoms. The number of benzene rings is 1. The molecule has 0 amide bonds. The Balaban J connectivity index is 1.84. The molecule has 3 rings (SSSR count). The number of carbonyl (C=O) groups excluding carboxylic acids is 1. The molecule has 1 aliphatic rings. The van der Waals surface area contributed by atoms with Crippen molar-refractivity contribution < 1.29 is 23.1 Å². The molecule has 1 aromatic carbocycles. The summed E-state index contributed by atoms with van der Waals surface area (Å²) in [6, 6.07) is 10.1. The maximum absolute atomic E-state index is 13.1. The van der Waals surface area contributed by atoms with E-state index in [0.29, 0.717) is 11.3 Å². The molecule has 122 valence electrons. The van der Waals surface area contributed by atoms with E-state index in [1.54, 1.807) is 54.8 Å². The van der Waals surface area contributed by atoms with Crippen LogP contribution in [0.25, 0.3) is 6.08 Å². The van der Waals surface area contributed by atoms with Crippen LogP contribution >= 0.6 is 9.24 Å². The lowest BCUT2D eigenvalue weighted by Gasteiger charge is -2.10. The van der Waals surface area contributed by atoms with E-state index in [2.05, 4.69) is 4.99 Å². The van der Waals surface area contributed by atoms with Crippen LogP contribution in [0, 0.1) is 0 Å². The molecule has 0 saturated heterocycles. The van der Waals surface area contributed by atoms with E-state index in [0.717, 1.165) is 0 Å². The van der Waals surface area contributed by atoms with Crippen LogP contribution in [-0.4, -0.2) is 18.0 Å². The van der Waals surface area contributed by atoms with Crippen LogP contribution < -0.4 is 4.74 Å². The zero-order valence-electron chi connectivity index (χ0n) is 12.4. The Bertz CT molecular complexity index is 825. The maximum atomic E-state index is 13.1. The zero-order chi connectivity index (χ0) is 16.9. The molecule has 0 saturated carbocycles. The monoisotopic (exact) mass is 345 g/mol. The number of hydrogen-bond acceptors (Lipinski definition) is 5. The van der Waals surface area contributed by atoms with Crippen LogP contribution in [0.4, 0.5) is 4.39 Å². The summed E-state index contributed by atoms with van der Waals surface area (Å²) >= 11 is 0. The highest BCUT2D eigenvalue weighted by Crippen LogP contribution is 2.26. The quantitative estimate of drug-likeness (QED) is 0.471. The SMILES string of the molecule is O=C1OC(c2ccccc2OC(F)P)=N/C1=C/C=C/c1ccco1. The fraction of sp³-hybridized carbons (Fsp3) is 0.0588. The molecule has 0 aliphatic carbocycles. The standard InChI is InChI=1S/C17H13FNO4P/c18-17(24)22-14-9-2-1-7-12(14)15-19-13(16(20)23-15)8-3-5-11-6-4-10-21-11/h1-10,17H,24H2/b5-3+,13-8+. The maximum Gasteiger partial charge on any atom is 0.363 e. The van der Waals surface area contributed by atoms with Gasteiger partial charge < -0.3 is 13.9 Å². The lowest BCUT2D eigenvalue weighted by molar-refractivity contribution is -0.130. The Morgan fingerprint density at radius 3 is 2.83 bits per heavy atom. The number of rotatable bonds is 5. The number of aliphatic imine (C=N–C) groups is 1. The van der Waals surface area contributed by atoms with E-state index < -0.39 is 12.1 Å². The van der Waals surface area contributed by atoms with Crippen molar-refractivity contribution in [3.8, 4) is 5.75 Å². The van der Waals surface area contributed by atoms with Crippen molar-refractivity contribution in [1.82, 2.24) is 0 Å². The number of esters is 1. The third kappa shape index (κ3) is 3.78. The summed E-state index contributed by atoms with van der Waals surface area (Å²) in [7, 11) is 1.89. The molecule has 1 aliphatic heterocycles. The van der Waals surface area contributed by atoms with Gasteiger partial charge >= 0.3 is 5.97 Å². The van der Waals surface area contributed by atoms with Gasteiger partial charge in [-0.2, -0.15) is 4.39 Å². The van der Waals surface area contributed by atoms with Gasteiger partial charge in [0.2, 0.25) is 12.0 Å². The molecule has 7 heteroatoms. The second-order valence-corrected chi connectivity index (χ2v) is 5.22. The summed E-state index contributed by atoms with van der Waals surface area (Å²) < 4.78 is 28.4.